The van der Waals surface area contributed by atoms with Gasteiger partial charge in [0, 0.05) is 5.56 Å². The Morgan fingerprint density at radius 2 is 1.75 bits per heavy atom. The van der Waals surface area contributed by atoms with Crippen LogP contribution in [0, 0.1) is 0 Å². The van der Waals surface area contributed by atoms with E-state index in [2.05, 4.69) is 5.32 Å². The minimum Gasteiger partial charge on any atom is -0.494 e. The van der Waals surface area contributed by atoms with Crippen LogP contribution in [0.3, 0.4) is 0 Å². The summed E-state index contributed by atoms with van der Waals surface area (Å²) in [6.07, 6.45) is 2.32. The molecule has 0 radical (unpaired) electrons. The van der Waals surface area contributed by atoms with Crippen LogP contribution in [0.1, 0.15) is 29.3 Å². The predicted molar refractivity (Wildman–Crippen MR) is 91.7 cm³/mol. The second kappa shape index (κ2) is 8.53. The van der Waals surface area contributed by atoms with Gasteiger partial charge in [-0.2, -0.15) is 0 Å². The first-order valence-corrected chi connectivity index (χ1v) is 7.64. The van der Waals surface area contributed by atoms with Crippen LogP contribution < -0.4 is 10.1 Å². The lowest BCUT2D eigenvalue weighted by molar-refractivity contribution is -0.132. The molecule has 1 amide bonds. The van der Waals surface area contributed by atoms with Crippen LogP contribution in [0.2, 0.25) is 0 Å². The van der Waals surface area contributed by atoms with Crippen LogP contribution in [0.15, 0.2) is 60.3 Å². The fraction of sp³-hybridized carbons (Fsp3) is 0.158. The Hall–Kier alpha value is -3.08. The van der Waals surface area contributed by atoms with Gasteiger partial charge in [-0.05, 0) is 42.3 Å². The Kier molecular flexibility index (Phi) is 6.14. The number of hydrogen-bond acceptors (Lipinski definition) is 3. The maximum Gasteiger partial charge on any atom is 0.352 e. The molecule has 2 N–H and O–H groups in total. The van der Waals surface area contributed by atoms with Crippen LogP contribution in [-0.4, -0.2) is 23.6 Å². The summed E-state index contributed by atoms with van der Waals surface area (Å²) in [5.41, 5.74) is 0.864. The zero-order chi connectivity index (χ0) is 17.4. The molecule has 5 nitrogen and oxygen atoms in total. The van der Waals surface area contributed by atoms with E-state index < -0.39 is 11.9 Å². The third-order valence-corrected chi connectivity index (χ3v) is 3.18. The Morgan fingerprint density at radius 1 is 1.08 bits per heavy atom. The van der Waals surface area contributed by atoms with Crippen molar-refractivity contribution in [1.82, 2.24) is 5.32 Å². The van der Waals surface area contributed by atoms with E-state index in [0.29, 0.717) is 17.7 Å². The highest BCUT2D eigenvalue weighted by Gasteiger charge is 2.13. The number of amides is 1. The molecule has 0 atom stereocenters. The van der Waals surface area contributed by atoms with Crippen LogP contribution in [-0.2, 0) is 4.79 Å². The van der Waals surface area contributed by atoms with Gasteiger partial charge in [0.25, 0.3) is 5.91 Å². The number of carboxylic acid groups (broad SMARTS) is 1. The van der Waals surface area contributed by atoms with Crippen molar-refractivity contribution in [3.8, 4) is 5.75 Å². The Balaban J connectivity index is 2.13. The van der Waals surface area contributed by atoms with Crippen molar-refractivity contribution in [3.05, 3.63) is 71.4 Å². The first-order chi connectivity index (χ1) is 11.6. The summed E-state index contributed by atoms with van der Waals surface area (Å²) < 4.78 is 5.48. The molecule has 2 aromatic rings. The van der Waals surface area contributed by atoms with E-state index in [0.717, 1.165) is 12.2 Å². The molecule has 0 spiro atoms. The van der Waals surface area contributed by atoms with Crippen molar-refractivity contribution < 1.29 is 19.4 Å². The number of carbonyl (C=O) groups excluding carboxylic acids is 1. The Morgan fingerprint density at radius 3 is 2.33 bits per heavy atom. The molecule has 0 heterocycles. The largest absolute Gasteiger partial charge is 0.494 e. The molecule has 0 saturated carbocycles. The van der Waals surface area contributed by atoms with Gasteiger partial charge in [-0.25, -0.2) is 4.79 Å². The molecule has 0 aromatic heterocycles. The summed E-state index contributed by atoms with van der Waals surface area (Å²) in [5, 5.41) is 11.7. The fourth-order valence-electron chi connectivity index (χ4n) is 1.98. The average Bonchev–Trinajstić information content (AvgIpc) is 2.61. The number of aliphatic carboxylic acids is 1. The van der Waals surface area contributed by atoms with Gasteiger partial charge in [-0.1, -0.05) is 37.3 Å². The van der Waals surface area contributed by atoms with Gasteiger partial charge in [-0.3, -0.25) is 4.79 Å². The minimum atomic E-state index is -1.20. The highest BCUT2D eigenvalue weighted by molar-refractivity contribution is 6.02. The highest BCUT2D eigenvalue weighted by atomic mass is 16.5. The summed E-state index contributed by atoms with van der Waals surface area (Å²) in [6, 6.07) is 15.5. The van der Waals surface area contributed by atoms with Crippen molar-refractivity contribution >= 4 is 18.0 Å². The van der Waals surface area contributed by atoms with Gasteiger partial charge in [0.05, 0.1) is 6.61 Å². The van der Waals surface area contributed by atoms with E-state index in [1.165, 1.54) is 6.08 Å². The molecular formula is C19H19NO4. The van der Waals surface area contributed by atoms with E-state index in [-0.39, 0.29) is 5.70 Å². The Bertz CT molecular complexity index is 721. The molecule has 0 aliphatic rings. The quantitative estimate of drug-likeness (QED) is 0.766. The molecular weight excluding hydrogens is 306 g/mol. The lowest BCUT2D eigenvalue weighted by atomic mass is 10.1. The number of carboxylic acids is 1. The number of hydrogen-bond donors (Lipinski definition) is 2. The van der Waals surface area contributed by atoms with Gasteiger partial charge in [0.1, 0.15) is 11.4 Å². The number of benzene rings is 2. The normalized spacial score (nSPS) is 11.0. The summed E-state index contributed by atoms with van der Waals surface area (Å²) in [5.74, 6) is -0.947. The SMILES string of the molecule is CCCOc1ccc(/C=C(/NC(=O)c2ccccc2)C(=O)O)cc1. The summed E-state index contributed by atoms with van der Waals surface area (Å²) in [7, 11) is 0. The first kappa shape index (κ1) is 17.3. The van der Waals surface area contributed by atoms with Crippen molar-refractivity contribution in [3.63, 3.8) is 0 Å². The fourth-order valence-corrected chi connectivity index (χ4v) is 1.98. The predicted octanol–water partition coefficient (Wildman–Crippen LogP) is 3.33. The number of ether oxygens (including phenoxy) is 1. The van der Waals surface area contributed by atoms with E-state index in [9.17, 15) is 14.7 Å². The van der Waals surface area contributed by atoms with Crippen molar-refractivity contribution in [2.75, 3.05) is 6.61 Å². The van der Waals surface area contributed by atoms with E-state index in [1.807, 2.05) is 6.92 Å². The standard InChI is InChI=1S/C19H19NO4/c1-2-12-24-16-10-8-14(9-11-16)13-17(19(22)23)20-18(21)15-6-4-3-5-7-15/h3-11,13H,2,12H2,1H3,(H,20,21)(H,22,23)/b17-13+. The number of rotatable bonds is 7. The van der Waals surface area contributed by atoms with Gasteiger partial charge >= 0.3 is 5.97 Å². The molecule has 0 fully saturated rings. The average molecular weight is 325 g/mol. The van der Waals surface area contributed by atoms with Gasteiger partial charge < -0.3 is 15.2 Å². The molecule has 124 valence electrons. The molecule has 5 heteroatoms. The topological polar surface area (TPSA) is 75.6 Å². The third-order valence-electron chi connectivity index (χ3n) is 3.18. The van der Waals surface area contributed by atoms with E-state index in [1.54, 1.807) is 54.6 Å². The zero-order valence-corrected chi connectivity index (χ0v) is 13.4. The van der Waals surface area contributed by atoms with Crippen LogP contribution in [0.4, 0.5) is 0 Å². The smallest absolute Gasteiger partial charge is 0.352 e. The lowest BCUT2D eigenvalue weighted by Gasteiger charge is -2.07. The maximum absolute atomic E-state index is 12.1. The summed E-state index contributed by atoms with van der Waals surface area (Å²) >= 11 is 0. The van der Waals surface area contributed by atoms with Crippen LogP contribution in [0.25, 0.3) is 6.08 Å². The second-order valence-corrected chi connectivity index (χ2v) is 5.10. The molecule has 24 heavy (non-hydrogen) atoms. The molecule has 2 rings (SSSR count). The molecule has 0 aliphatic carbocycles. The summed E-state index contributed by atoms with van der Waals surface area (Å²) in [4.78, 5) is 23.5. The first-order valence-electron chi connectivity index (χ1n) is 7.64. The minimum absolute atomic E-state index is 0.189. The van der Waals surface area contributed by atoms with Crippen molar-refractivity contribution in [1.29, 1.82) is 0 Å². The van der Waals surface area contributed by atoms with E-state index >= 15 is 0 Å². The van der Waals surface area contributed by atoms with Gasteiger partial charge in [0.15, 0.2) is 0 Å². The van der Waals surface area contributed by atoms with Crippen molar-refractivity contribution in [2.45, 2.75) is 13.3 Å². The van der Waals surface area contributed by atoms with Crippen LogP contribution >= 0.6 is 0 Å². The van der Waals surface area contributed by atoms with E-state index in [4.69, 9.17) is 4.74 Å². The highest BCUT2D eigenvalue weighted by Crippen LogP contribution is 2.14. The second-order valence-electron chi connectivity index (χ2n) is 5.10. The molecule has 0 aliphatic heterocycles. The van der Waals surface area contributed by atoms with Crippen LogP contribution in [0.5, 0.6) is 5.75 Å². The van der Waals surface area contributed by atoms with Gasteiger partial charge in [-0.15, -0.1) is 0 Å². The molecule has 0 bridgehead atoms. The van der Waals surface area contributed by atoms with Crippen molar-refractivity contribution in [2.24, 2.45) is 0 Å². The maximum atomic E-state index is 12.1. The third kappa shape index (κ3) is 4.98. The zero-order valence-electron chi connectivity index (χ0n) is 13.4. The lowest BCUT2D eigenvalue weighted by Crippen LogP contribution is -2.27. The molecule has 0 unspecified atom stereocenters. The molecule has 0 saturated heterocycles. The van der Waals surface area contributed by atoms with Gasteiger partial charge in [0.2, 0.25) is 0 Å². The monoisotopic (exact) mass is 325 g/mol. The molecule has 2 aromatic carbocycles. The number of carbonyl (C=O) groups is 2. The summed E-state index contributed by atoms with van der Waals surface area (Å²) in [6.45, 7) is 2.65. The number of nitrogens with one attached hydrogen (secondary N) is 1. The Labute approximate surface area is 140 Å².